The maximum absolute atomic E-state index is 15.1. The second-order valence-electron chi connectivity index (χ2n) is 9.77. The minimum Gasteiger partial charge on any atom is -0.488 e. The number of urea groups is 1. The van der Waals surface area contributed by atoms with Crippen LogP contribution < -0.4 is 35.3 Å². The topological polar surface area (TPSA) is 117 Å². The number of hydrogen-bond acceptors (Lipinski definition) is 7. The van der Waals surface area contributed by atoms with Crippen LogP contribution in [-0.2, 0) is 6.54 Å². The molecule has 1 aromatic heterocycles. The summed E-state index contributed by atoms with van der Waals surface area (Å²) in [7, 11) is 0. The minimum absolute atomic E-state index is 0.0608. The van der Waals surface area contributed by atoms with Crippen LogP contribution in [0.5, 0.6) is 28.7 Å². The average molecular weight is 549 g/mol. The lowest BCUT2D eigenvalue weighted by Gasteiger charge is -2.24. The second kappa shape index (κ2) is 10.5. The number of nitrogens with one attached hydrogen (secondary N) is 2. The number of hydrogen-bond donors (Lipinski definition) is 3. The van der Waals surface area contributed by atoms with Gasteiger partial charge in [-0.15, -0.1) is 0 Å². The number of carbonyl (C=O) groups excluding carboxylic acids is 1. The summed E-state index contributed by atoms with van der Waals surface area (Å²) >= 11 is 0. The van der Waals surface area contributed by atoms with Crippen molar-refractivity contribution >= 4 is 22.6 Å². The van der Waals surface area contributed by atoms with Crippen LogP contribution in [0.3, 0.4) is 0 Å². The molecule has 3 aromatic carbocycles. The molecule has 0 spiro atoms. The smallest absolute Gasteiger partial charge is 0.319 e. The fraction of sp³-hybridized carbons (Fsp3) is 0.241. The van der Waals surface area contributed by atoms with Crippen molar-refractivity contribution in [2.24, 2.45) is 5.73 Å². The number of halogens is 2. The Hall–Kier alpha value is -4.64. The molecule has 2 heterocycles. The lowest BCUT2D eigenvalue weighted by Crippen LogP contribution is -2.30. The van der Waals surface area contributed by atoms with Gasteiger partial charge in [0.25, 0.3) is 0 Å². The Morgan fingerprint density at radius 3 is 2.50 bits per heavy atom. The molecule has 2 amide bonds. The molecule has 4 aromatic rings. The quantitative estimate of drug-likeness (QED) is 0.275. The molecule has 40 heavy (non-hydrogen) atoms. The number of carbonyl (C=O) groups is 1. The maximum atomic E-state index is 15.1. The van der Waals surface area contributed by atoms with Crippen molar-refractivity contribution in [1.29, 1.82) is 0 Å². The number of rotatable bonds is 8. The van der Waals surface area contributed by atoms with Crippen molar-refractivity contribution in [3.63, 3.8) is 0 Å². The van der Waals surface area contributed by atoms with E-state index in [9.17, 15) is 9.18 Å². The summed E-state index contributed by atoms with van der Waals surface area (Å²) in [6.07, 6.45) is 3.34. The zero-order valence-electron chi connectivity index (χ0n) is 21.3. The molecule has 11 heteroatoms. The van der Waals surface area contributed by atoms with Gasteiger partial charge >= 0.3 is 6.03 Å². The normalized spacial score (nSPS) is 14.9. The molecule has 1 fully saturated rings. The lowest BCUT2D eigenvalue weighted by molar-refractivity contribution is 0.162. The van der Waals surface area contributed by atoms with Crippen molar-refractivity contribution in [2.75, 3.05) is 25.1 Å². The predicted octanol–water partition coefficient (Wildman–Crippen LogP) is 5.27. The molecule has 9 nitrogen and oxygen atoms in total. The van der Waals surface area contributed by atoms with Crippen LogP contribution in [0.1, 0.15) is 18.4 Å². The van der Waals surface area contributed by atoms with Crippen LogP contribution in [0.4, 0.5) is 19.3 Å². The summed E-state index contributed by atoms with van der Waals surface area (Å²) in [4.78, 5) is 16.7. The van der Waals surface area contributed by atoms with Gasteiger partial charge in [0.15, 0.2) is 23.1 Å². The zero-order valence-corrected chi connectivity index (χ0v) is 21.3. The van der Waals surface area contributed by atoms with E-state index in [1.165, 1.54) is 24.3 Å². The number of pyridine rings is 1. The Morgan fingerprint density at radius 1 is 0.975 bits per heavy atom. The summed E-state index contributed by atoms with van der Waals surface area (Å²) in [6, 6.07) is 12.6. The first-order chi connectivity index (χ1) is 19.4. The minimum atomic E-state index is -0.690. The molecule has 1 aliphatic carbocycles. The molecular weight excluding hydrogens is 522 g/mol. The maximum Gasteiger partial charge on any atom is 0.319 e. The molecule has 1 saturated carbocycles. The van der Waals surface area contributed by atoms with Gasteiger partial charge in [0.1, 0.15) is 31.4 Å². The Labute approximate surface area is 228 Å². The lowest BCUT2D eigenvalue weighted by atomic mass is 10.1. The molecule has 0 radical (unpaired) electrons. The summed E-state index contributed by atoms with van der Waals surface area (Å²) in [6.45, 7) is 1.19. The van der Waals surface area contributed by atoms with Gasteiger partial charge in [0, 0.05) is 30.6 Å². The van der Waals surface area contributed by atoms with Crippen LogP contribution in [0.25, 0.3) is 10.9 Å². The molecule has 4 N–H and O–H groups in total. The molecule has 0 atom stereocenters. The van der Waals surface area contributed by atoms with E-state index in [4.69, 9.17) is 24.7 Å². The average Bonchev–Trinajstić information content (AvgIpc) is 3.70. The number of anilines is 1. The van der Waals surface area contributed by atoms with Gasteiger partial charge in [0.05, 0.1) is 16.4 Å². The number of amides is 2. The summed E-state index contributed by atoms with van der Waals surface area (Å²) in [5.41, 5.74) is 7.33. The van der Waals surface area contributed by atoms with Gasteiger partial charge < -0.3 is 35.3 Å². The van der Waals surface area contributed by atoms with Crippen molar-refractivity contribution in [2.45, 2.75) is 24.9 Å². The standard InChI is InChI=1S/C29H26F2N4O5/c30-18-3-1-17(2-4-18)15-34-28(36)35-19-5-6-22(20(31)13-19)40-23-7-10-33-21-14-24(39-16-29(32)8-9-29)26-27(25(21)23)38-12-11-37-26/h1-7,10,13-14H,8-9,11-12,15-16,32H2,(H2,34,35,36). The van der Waals surface area contributed by atoms with Crippen LogP contribution in [-0.4, -0.2) is 36.4 Å². The van der Waals surface area contributed by atoms with Crippen molar-refractivity contribution in [1.82, 2.24) is 10.3 Å². The third-order valence-corrected chi connectivity index (χ3v) is 6.63. The molecular formula is C29H26F2N4O5. The summed E-state index contributed by atoms with van der Waals surface area (Å²) < 4.78 is 51.9. The van der Waals surface area contributed by atoms with E-state index in [2.05, 4.69) is 15.6 Å². The van der Waals surface area contributed by atoms with Gasteiger partial charge in [-0.2, -0.15) is 0 Å². The van der Waals surface area contributed by atoms with Crippen LogP contribution in [0.2, 0.25) is 0 Å². The summed E-state index contributed by atoms with van der Waals surface area (Å²) in [5, 5.41) is 5.72. The van der Waals surface area contributed by atoms with Gasteiger partial charge in [-0.05, 0) is 48.7 Å². The molecule has 206 valence electrons. The number of nitrogens with zero attached hydrogens (tertiary/aromatic N) is 1. The fourth-order valence-corrected chi connectivity index (χ4v) is 4.23. The Bertz CT molecular complexity index is 1580. The number of ether oxygens (including phenoxy) is 4. The van der Waals surface area contributed by atoms with Gasteiger partial charge in [-0.3, -0.25) is 4.98 Å². The Kier molecular flexibility index (Phi) is 6.72. The number of nitrogens with two attached hydrogens (primary N) is 1. The highest BCUT2D eigenvalue weighted by molar-refractivity contribution is 5.95. The molecule has 0 unspecified atom stereocenters. The van der Waals surface area contributed by atoms with Gasteiger partial charge in [0.2, 0.25) is 5.75 Å². The van der Waals surface area contributed by atoms with E-state index < -0.39 is 11.8 Å². The number of benzene rings is 3. The highest BCUT2D eigenvalue weighted by atomic mass is 19.1. The highest BCUT2D eigenvalue weighted by Gasteiger charge is 2.39. The molecule has 6 rings (SSSR count). The predicted molar refractivity (Wildman–Crippen MR) is 143 cm³/mol. The van der Waals surface area contributed by atoms with Crippen molar-refractivity contribution < 1.29 is 32.5 Å². The number of aromatic nitrogens is 1. The van der Waals surface area contributed by atoms with E-state index in [0.29, 0.717) is 53.7 Å². The largest absolute Gasteiger partial charge is 0.488 e. The fourth-order valence-electron chi connectivity index (χ4n) is 4.23. The van der Waals surface area contributed by atoms with Crippen LogP contribution in [0.15, 0.2) is 60.8 Å². The van der Waals surface area contributed by atoms with Crippen LogP contribution in [0, 0.1) is 11.6 Å². The molecule has 1 aliphatic heterocycles. The zero-order chi connectivity index (χ0) is 27.7. The van der Waals surface area contributed by atoms with Crippen molar-refractivity contribution in [3.05, 3.63) is 78.0 Å². The van der Waals surface area contributed by atoms with E-state index in [1.54, 1.807) is 30.5 Å². The van der Waals surface area contributed by atoms with Crippen LogP contribution >= 0.6 is 0 Å². The first-order valence-corrected chi connectivity index (χ1v) is 12.8. The number of fused-ring (bicyclic) bond motifs is 3. The van der Waals surface area contributed by atoms with Gasteiger partial charge in [-0.25, -0.2) is 13.6 Å². The first-order valence-electron chi connectivity index (χ1n) is 12.8. The van der Waals surface area contributed by atoms with E-state index in [-0.39, 0.29) is 29.3 Å². The van der Waals surface area contributed by atoms with Gasteiger partial charge in [-0.1, -0.05) is 12.1 Å². The third-order valence-electron chi connectivity index (χ3n) is 6.63. The van der Waals surface area contributed by atoms with Crippen molar-refractivity contribution in [3.8, 4) is 28.7 Å². The first kappa shape index (κ1) is 25.6. The monoisotopic (exact) mass is 548 g/mol. The Balaban J connectivity index is 1.19. The highest BCUT2D eigenvalue weighted by Crippen LogP contribution is 2.49. The molecule has 0 saturated heterocycles. The Morgan fingerprint density at radius 2 is 1.75 bits per heavy atom. The second-order valence-corrected chi connectivity index (χ2v) is 9.77. The van der Waals surface area contributed by atoms with E-state index >= 15 is 4.39 Å². The molecule has 2 aliphatic rings. The third kappa shape index (κ3) is 5.55. The van der Waals surface area contributed by atoms with E-state index in [0.717, 1.165) is 24.5 Å². The summed E-state index contributed by atoms with van der Waals surface area (Å²) in [5.74, 6) is 0.501. The van der Waals surface area contributed by atoms with E-state index in [1.807, 2.05) is 0 Å². The SMILES string of the molecule is NC1(COc2cc3nccc(Oc4ccc(NC(=O)NCc5ccc(F)cc5)cc4F)c3c3c2OCCO3)CC1. The molecule has 0 bridgehead atoms.